The summed E-state index contributed by atoms with van der Waals surface area (Å²) in [5.41, 5.74) is -0.464. The zero-order valence-electron chi connectivity index (χ0n) is 19.8. The first-order valence-corrected chi connectivity index (χ1v) is 10.9. The molecule has 2 rings (SSSR count). The van der Waals surface area contributed by atoms with E-state index < -0.39 is 5.60 Å². The smallest absolute Gasteiger partial charge is 0.410 e. The van der Waals surface area contributed by atoms with Gasteiger partial charge in [-0.2, -0.15) is 4.98 Å². The summed E-state index contributed by atoms with van der Waals surface area (Å²) in [6, 6.07) is 0. The number of guanidine groups is 1. The lowest BCUT2D eigenvalue weighted by atomic mass is 9.96. The summed E-state index contributed by atoms with van der Waals surface area (Å²) in [4.78, 5) is 25.1. The van der Waals surface area contributed by atoms with Gasteiger partial charge in [-0.3, -0.25) is 4.99 Å². The number of carbonyl (C=O) groups is 1. The van der Waals surface area contributed by atoms with Crippen LogP contribution in [-0.2, 0) is 11.2 Å². The molecule has 1 fully saturated rings. The van der Waals surface area contributed by atoms with E-state index in [0.717, 1.165) is 57.8 Å². The molecule has 9 nitrogen and oxygen atoms in total. The fourth-order valence-corrected chi connectivity index (χ4v) is 3.51. The number of likely N-dealkylation sites (tertiary alicyclic amines) is 1. The molecule has 0 aliphatic carbocycles. The predicted octanol–water partition coefficient (Wildman–Crippen LogP) is 3.47. The van der Waals surface area contributed by atoms with Crippen LogP contribution in [0.2, 0.25) is 0 Å². The van der Waals surface area contributed by atoms with E-state index in [9.17, 15) is 4.79 Å². The van der Waals surface area contributed by atoms with Gasteiger partial charge in [0, 0.05) is 46.2 Å². The fourth-order valence-electron chi connectivity index (χ4n) is 3.51. The average Bonchev–Trinajstić information content (AvgIpc) is 3.10. The number of nitrogens with zero attached hydrogens (tertiary/aromatic N) is 5. The van der Waals surface area contributed by atoms with Gasteiger partial charge in [0.25, 0.3) is 0 Å². The van der Waals surface area contributed by atoms with Crippen molar-refractivity contribution in [3.8, 4) is 0 Å². The fraction of sp³-hybridized carbons (Fsp3) is 0.810. The third-order valence-corrected chi connectivity index (χ3v) is 5.06. The molecule has 0 unspecified atom stereocenters. The van der Waals surface area contributed by atoms with E-state index in [1.807, 2.05) is 46.6 Å². The second-order valence-corrected chi connectivity index (χ2v) is 8.76. The van der Waals surface area contributed by atoms with Crippen molar-refractivity contribution in [2.75, 3.05) is 39.8 Å². The molecule has 0 bridgehead atoms. The van der Waals surface area contributed by atoms with Crippen LogP contribution in [0.25, 0.3) is 0 Å². The Morgan fingerprint density at radius 3 is 2.55 bits per heavy atom. The van der Waals surface area contributed by atoms with Crippen LogP contribution in [0, 0.1) is 12.8 Å². The highest BCUT2D eigenvalue weighted by Crippen LogP contribution is 2.20. The van der Waals surface area contributed by atoms with Gasteiger partial charge in [0.2, 0.25) is 5.89 Å². The van der Waals surface area contributed by atoms with Gasteiger partial charge in [-0.15, -0.1) is 24.0 Å². The Labute approximate surface area is 203 Å². The lowest BCUT2D eigenvalue weighted by Gasteiger charge is -2.36. The van der Waals surface area contributed by atoms with Crippen LogP contribution in [0.5, 0.6) is 0 Å². The number of nitrogens with one attached hydrogen (secondary N) is 1. The minimum absolute atomic E-state index is 0. The molecule has 0 atom stereocenters. The molecule has 178 valence electrons. The highest BCUT2D eigenvalue weighted by atomic mass is 127. The molecule has 0 spiro atoms. The predicted molar refractivity (Wildman–Crippen MR) is 132 cm³/mol. The number of rotatable bonds is 7. The number of halogens is 1. The van der Waals surface area contributed by atoms with Crippen molar-refractivity contribution in [2.45, 2.75) is 65.9 Å². The number of hydrogen-bond donors (Lipinski definition) is 1. The van der Waals surface area contributed by atoms with Crippen molar-refractivity contribution in [3.63, 3.8) is 0 Å². The molecule has 1 aliphatic rings. The quantitative estimate of drug-likeness (QED) is 0.240. The molecule has 31 heavy (non-hydrogen) atoms. The minimum Gasteiger partial charge on any atom is -0.444 e. The highest BCUT2D eigenvalue weighted by molar-refractivity contribution is 14.0. The van der Waals surface area contributed by atoms with Crippen LogP contribution >= 0.6 is 24.0 Å². The third kappa shape index (κ3) is 9.61. The number of aromatic nitrogens is 2. The summed E-state index contributed by atoms with van der Waals surface area (Å²) in [5.74, 6) is 2.75. The third-order valence-electron chi connectivity index (χ3n) is 5.06. The zero-order chi connectivity index (χ0) is 22.1. The van der Waals surface area contributed by atoms with Crippen molar-refractivity contribution in [1.82, 2.24) is 25.3 Å². The summed E-state index contributed by atoms with van der Waals surface area (Å²) in [7, 11) is 1.82. The van der Waals surface area contributed by atoms with E-state index in [4.69, 9.17) is 9.26 Å². The maximum atomic E-state index is 12.4. The molecule has 0 saturated carbocycles. The number of piperidine rings is 1. The molecule has 0 radical (unpaired) electrons. The molecule has 10 heteroatoms. The zero-order valence-corrected chi connectivity index (χ0v) is 22.1. The maximum Gasteiger partial charge on any atom is 0.410 e. The standard InChI is InChI=1S/C21H38N6O3.HI/c1-7-26(20(28)29-21(3,4)5)15-17-10-13-27(14-11-17)19(22-6)23-12-8-9-18-24-16(2)25-30-18;/h17H,7-15H2,1-6H3,(H,22,23);1H. The second-order valence-electron chi connectivity index (χ2n) is 8.76. The van der Waals surface area contributed by atoms with Crippen molar-refractivity contribution >= 4 is 36.0 Å². The Morgan fingerprint density at radius 1 is 1.35 bits per heavy atom. The summed E-state index contributed by atoms with van der Waals surface area (Å²) >= 11 is 0. The van der Waals surface area contributed by atoms with Gasteiger partial charge in [0.1, 0.15) is 5.60 Å². The minimum atomic E-state index is -0.464. The summed E-state index contributed by atoms with van der Waals surface area (Å²) in [5, 5.41) is 7.24. The maximum absolute atomic E-state index is 12.4. The van der Waals surface area contributed by atoms with Crippen LogP contribution in [-0.4, -0.2) is 77.4 Å². The number of hydrogen-bond acceptors (Lipinski definition) is 6. The number of aliphatic imine (C=N–C) groups is 1. The Morgan fingerprint density at radius 2 is 2.03 bits per heavy atom. The highest BCUT2D eigenvalue weighted by Gasteiger charge is 2.27. The molecule has 1 N–H and O–H groups in total. The lowest BCUT2D eigenvalue weighted by molar-refractivity contribution is 0.0214. The van der Waals surface area contributed by atoms with Crippen LogP contribution < -0.4 is 5.32 Å². The second kappa shape index (κ2) is 13.1. The monoisotopic (exact) mass is 550 g/mol. The Balaban J connectivity index is 0.00000480. The van der Waals surface area contributed by atoms with Crippen LogP contribution in [0.3, 0.4) is 0 Å². The molecule has 1 saturated heterocycles. The van der Waals surface area contributed by atoms with Gasteiger partial charge in [-0.05, 0) is 59.8 Å². The summed E-state index contributed by atoms with van der Waals surface area (Å²) in [6.45, 7) is 13.6. The van der Waals surface area contributed by atoms with Gasteiger partial charge in [0.05, 0.1) is 0 Å². The first-order valence-electron chi connectivity index (χ1n) is 10.9. The SMILES string of the molecule is CCN(CC1CCN(C(=NC)NCCCc2nc(C)no2)CC1)C(=O)OC(C)(C)C.I. The molecular weight excluding hydrogens is 511 g/mol. The lowest BCUT2D eigenvalue weighted by Crippen LogP contribution is -2.48. The van der Waals surface area contributed by atoms with Gasteiger partial charge in [0.15, 0.2) is 11.8 Å². The Bertz CT molecular complexity index is 696. The molecular formula is C21H39IN6O3. The van der Waals surface area contributed by atoms with E-state index in [2.05, 4.69) is 25.3 Å². The number of carbonyl (C=O) groups excluding carboxylic acids is 1. The summed E-state index contributed by atoms with van der Waals surface area (Å²) < 4.78 is 10.7. The Hall–Kier alpha value is -1.59. The van der Waals surface area contributed by atoms with Crippen LogP contribution in [0.15, 0.2) is 9.52 Å². The largest absolute Gasteiger partial charge is 0.444 e. The van der Waals surface area contributed by atoms with Gasteiger partial charge in [-0.25, -0.2) is 4.79 Å². The number of amides is 1. The normalized spacial score (nSPS) is 15.4. The molecule has 1 amide bonds. The van der Waals surface area contributed by atoms with Crippen molar-refractivity contribution in [2.24, 2.45) is 10.9 Å². The van der Waals surface area contributed by atoms with E-state index in [0.29, 0.717) is 24.2 Å². The van der Waals surface area contributed by atoms with Crippen LogP contribution in [0.4, 0.5) is 4.79 Å². The Kier molecular flexibility index (Phi) is 11.6. The van der Waals surface area contributed by atoms with Gasteiger partial charge >= 0.3 is 6.09 Å². The topological polar surface area (TPSA) is 96.1 Å². The first-order chi connectivity index (χ1) is 14.2. The van der Waals surface area contributed by atoms with Crippen LogP contribution in [0.1, 0.15) is 58.7 Å². The van der Waals surface area contributed by atoms with E-state index >= 15 is 0 Å². The van der Waals surface area contributed by atoms with Gasteiger partial charge < -0.3 is 24.4 Å². The summed E-state index contributed by atoms with van der Waals surface area (Å²) in [6.07, 6.45) is 3.49. The molecule has 1 aliphatic heterocycles. The first kappa shape index (κ1) is 27.4. The van der Waals surface area contributed by atoms with Crippen molar-refractivity contribution in [1.29, 1.82) is 0 Å². The molecule has 1 aromatic rings. The van der Waals surface area contributed by atoms with Crippen molar-refractivity contribution < 1.29 is 14.1 Å². The number of ether oxygens (including phenoxy) is 1. The van der Waals surface area contributed by atoms with E-state index in [1.165, 1.54) is 0 Å². The van der Waals surface area contributed by atoms with E-state index in [-0.39, 0.29) is 30.1 Å². The van der Waals surface area contributed by atoms with Crippen molar-refractivity contribution in [3.05, 3.63) is 11.7 Å². The number of aryl methyl sites for hydroxylation is 2. The molecule has 0 aromatic carbocycles. The average molecular weight is 550 g/mol. The van der Waals surface area contributed by atoms with Gasteiger partial charge in [-0.1, -0.05) is 5.16 Å². The van der Waals surface area contributed by atoms with E-state index in [1.54, 1.807) is 0 Å². The molecule has 1 aromatic heterocycles. The molecule has 2 heterocycles.